The van der Waals surface area contributed by atoms with Gasteiger partial charge < -0.3 is 9.73 Å². The second kappa shape index (κ2) is 6.03. The van der Waals surface area contributed by atoms with Crippen molar-refractivity contribution in [3.63, 3.8) is 0 Å². The van der Waals surface area contributed by atoms with Gasteiger partial charge in [0.25, 0.3) is 0 Å². The smallest absolute Gasteiger partial charge is 0.134 e. The van der Waals surface area contributed by atoms with E-state index in [2.05, 4.69) is 45.4 Å². The van der Waals surface area contributed by atoms with E-state index in [1.807, 2.05) is 36.1 Å². The number of halogens is 1. The van der Waals surface area contributed by atoms with Crippen molar-refractivity contribution in [3.8, 4) is 0 Å². The molecule has 2 heterocycles. The maximum absolute atomic E-state index is 5.89. The number of hydrogen-bond donors (Lipinski definition) is 1. The molecule has 110 valence electrons. The normalized spacial score (nSPS) is 12.9. The van der Waals surface area contributed by atoms with Crippen LogP contribution in [0.25, 0.3) is 11.0 Å². The third-order valence-corrected chi connectivity index (χ3v) is 3.97. The van der Waals surface area contributed by atoms with Crippen LogP contribution >= 0.6 is 15.9 Å². The van der Waals surface area contributed by atoms with Crippen LogP contribution in [-0.2, 0) is 6.54 Å². The van der Waals surface area contributed by atoms with Crippen molar-refractivity contribution in [1.82, 2.24) is 15.1 Å². The zero-order valence-electron chi connectivity index (χ0n) is 12.1. The van der Waals surface area contributed by atoms with Crippen molar-refractivity contribution in [2.75, 3.05) is 6.54 Å². The standard InChI is InChI=1S/C16H18BrN3O/c1-11-9-19-20(10-11)6-5-18-12(2)16-8-13-7-14(17)3-4-15(13)21-16/h3-4,7-10,12,18H,5-6H2,1-2H3. The van der Waals surface area contributed by atoms with Crippen LogP contribution in [0.5, 0.6) is 0 Å². The fourth-order valence-electron chi connectivity index (χ4n) is 2.33. The first kappa shape index (κ1) is 14.4. The summed E-state index contributed by atoms with van der Waals surface area (Å²) in [6.07, 6.45) is 3.92. The van der Waals surface area contributed by atoms with E-state index in [4.69, 9.17) is 4.42 Å². The second-order valence-corrected chi connectivity index (χ2v) is 6.20. The first-order chi connectivity index (χ1) is 10.1. The molecule has 2 aromatic heterocycles. The van der Waals surface area contributed by atoms with Crippen LogP contribution in [0.3, 0.4) is 0 Å². The highest BCUT2D eigenvalue weighted by molar-refractivity contribution is 9.10. The summed E-state index contributed by atoms with van der Waals surface area (Å²) in [5.41, 5.74) is 2.11. The van der Waals surface area contributed by atoms with Crippen molar-refractivity contribution in [1.29, 1.82) is 0 Å². The molecule has 0 saturated carbocycles. The lowest BCUT2D eigenvalue weighted by molar-refractivity contribution is 0.435. The molecule has 0 amide bonds. The zero-order chi connectivity index (χ0) is 14.8. The Morgan fingerprint density at radius 2 is 2.24 bits per heavy atom. The van der Waals surface area contributed by atoms with Gasteiger partial charge in [-0.2, -0.15) is 5.10 Å². The van der Waals surface area contributed by atoms with Gasteiger partial charge in [-0.15, -0.1) is 0 Å². The Morgan fingerprint density at radius 3 is 3.00 bits per heavy atom. The molecule has 5 heteroatoms. The number of furan rings is 1. The van der Waals surface area contributed by atoms with Crippen molar-refractivity contribution >= 4 is 26.9 Å². The first-order valence-electron chi connectivity index (χ1n) is 7.03. The monoisotopic (exact) mass is 347 g/mol. The Bertz CT molecular complexity index is 747. The van der Waals surface area contributed by atoms with Crippen molar-refractivity contribution in [2.24, 2.45) is 0 Å². The molecule has 3 rings (SSSR count). The van der Waals surface area contributed by atoms with E-state index in [1.54, 1.807) is 0 Å². The lowest BCUT2D eigenvalue weighted by Crippen LogP contribution is -2.23. The summed E-state index contributed by atoms with van der Waals surface area (Å²) < 4.78 is 8.90. The maximum Gasteiger partial charge on any atom is 0.134 e. The molecule has 0 saturated heterocycles. The predicted octanol–water partition coefficient (Wildman–Crippen LogP) is 4.05. The number of rotatable bonds is 5. The summed E-state index contributed by atoms with van der Waals surface area (Å²) in [5.74, 6) is 0.958. The van der Waals surface area contributed by atoms with E-state index in [-0.39, 0.29) is 6.04 Å². The van der Waals surface area contributed by atoms with Gasteiger partial charge in [0.2, 0.25) is 0 Å². The molecule has 0 aliphatic carbocycles. The van der Waals surface area contributed by atoms with Crippen LogP contribution in [0, 0.1) is 6.92 Å². The molecule has 0 aliphatic rings. The molecule has 3 aromatic rings. The summed E-state index contributed by atoms with van der Waals surface area (Å²) in [7, 11) is 0. The maximum atomic E-state index is 5.89. The summed E-state index contributed by atoms with van der Waals surface area (Å²) in [6, 6.07) is 8.32. The Morgan fingerprint density at radius 1 is 1.38 bits per heavy atom. The molecule has 21 heavy (non-hydrogen) atoms. The molecule has 1 unspecified atom stereocenters. The minimum atomic E-state index is 0.174. The molecule has 0 radical (unpaired) electrons. The first-order valence-corrected chi connectivity index (χ1v) is 7.82. The van der Waals surface area contributed by atoms with Crippen LogP contribution in [0.15, 0.2) is 45.5 Å². The summed E-state index contributed by atoms with van der Waals surface area (Å²) in [4.78, 5) is 0. The Kier molecular flexibility index (Phi) is 4.12. The topological polar surface area (TPSA) is 43.0 Å². The van der Waals surface area contributed by atoms with Crippen molar-refractivity contribution < 1.29 is 4.42 Å². The lowest BCUT2D eigenvalue weighted by atomic mass is 10.2. The average molecular weight is 348 g/mol. The van der Waals surface area contributed by atoms with E-state index in [0.29, 0.717) is 0 Å². The fraction of sp³-hybridized carbons (Fsp3) is 0.312. The van der Waals surface area contributed by atoms with Gasteiger partial charge in [-0.3, -0.25) is 4.68 Å². The molecule has 0 aliphatic heterocycles. The number of hydrogen-bond acceptors (Lipinski definition) is 3. The molecule has 1 N–H and O–H groups in total. The van der Waals surface area contributed by atoms with Crippen LogP contribution < -0.4 is 5.32 Å². The molecule has 1 atom stereocenters. The van der Waals surface area contributed by atoms with Crippen LogP contribution in [0.1, 0.15) is 24.3 Å². The predicted molar refractivity (Wildman–Crippen MR) is 87.3 cm³/mol. The van der Waals surface area contributed by atoms with Gasteiger partial charge in [-0.1, -0.05) is 15.9 Å². The Balaban J connectivity index is 1.62. The summed E-state index contributed by atoms with van der Waals surface area (Å²) in [5, 5.41) is 8.86. The minimum absolute atomic E-state index is 0.174. The number of aromatic nitrogens is 2. The molecular weight excluding hydrogens is 330 g/mol. The van der Waals surface area contributed by atoms with Gasteiger partial charge in [0, 0.05) is 22.6 Å². The molecular formula is C16H18BrN3O. The van der Waals surface area contributed by atoms with E-state index < -0.39 is 0 Å². The molecule has 0 fully saturated rings. The third kappa shape index (κ3) is 3.36. The number of fused-ring (bicyclic) bond motifs is 1. The number of benzene rings is 1. The molecule has 0 bridgehead atoms. The highest BCUT2D eigenvalue weighted by Gasteiger charge is 2.11. The third-order valence-electron chi connectivity index (χ3n) is 3.48. The largest absolute Gasteiger partial charge is 0.459 e. The summed E-state index contributed by atoms with van der Waals surface area (Å²) in [6.45, 7) is 5.86. The van der Waals surface area contributed by atoms with Gasteiger partial charge in [0.1, 0.15) is 11.3 Å². The zero-order valence-corrected chi connectivity index (χ0v) is 13.7. The number of nitrogens with zero attached hydrogens (tertiary/aromatic N) is 2. The minimum Gasteiger partial charge on any atom is -0.459 e. The van der Waals surface area contributed by atoms with Gasteiger partial charge in [0.15, 0.2) is 0 Å². The van der Waals surface area contributed by atoms with Crippen LogP contribution in [0.2, 0.25) is 0 Å². The van der Waals surface area contributed by atoms with Crippen molar-refractivity contribution in [3.05, 3.63) is 52.5 Å². The van der Waals surface area contributed by atoms with E-state index in [0.717, 1.165) is 34.3 Å². The highest BCUT2D eigenvalue weighted by Crippen LogP contribution is 2.26. The Labute approximate surface area is 132 Å². The van der Waals surface area contributed by atoms with Gasteiger partial charge in [0.05, 0.1) is 18.8 Å². The quantitative estimate of drug-likeness (QED) is 0.756. The van der Waals surface area contributed by atoms with E-state index >= 15 is 0 Å². The molecule has 4 nitrogen and oxygen atoms in total. The second-order valence-electron chi connectivity index (χ2n) is 5.29. The van der Waals surface area contributed by atoms with Crippen LogP contribution in [-0.4, -0.2) is 16.3 Å². The molecule has 1 aromatic carbocycles. The van der Waals surface area contributed by atoms with Crippen LogP contribution in [0.4, 0.5) is 0 Å². The van der Waals surface area contributed by atoms with Gasteiger partial charge >= 0.3 is 0 Å². The van der Waals surface area contributed by atoms with E-state index in [9.17, 15) is 0 Å². The van der Waals surface area contributed by atoms with Crippen molar-refractivity contribution in [2.45, 2.75) is 26.4 Å². The fourth-order valence-corrected chi connectivity index (χ4v) is 2.71. The average Bonchev–Trinajstić information content (AvgIpc) is 3.04. The van der Waals surface area contributed by atoms with Gasteiger partial charge in [-0.05, 0) is 43.7 Å². The van der Waals surface area contributed by atoms with E-state index in [1.165, 1.54) is 5.56 Å². The number of nitrogens with one attached hydrogen (secondary N) is 1. The highest BCUT2D eigenvalue weighted by atomic mass is 79.9. The number of aryl methyl sites for hydroxylation is 1. The lowest BCUT2D eigenvalue weighted by Gasteiger charge is -2.11. The Hall–Kier alpha value is -1.59. The van der Waals surface area contributed by atoms with Gasteiger partial charge in [-0.25, -0.2) is 0 Å². The SMILES string of the molecule is Cc1cnn(CCNC(C)c2cc3cc(Br)ccc3o2)c1. The summed E-state index contributed by atoms with van der Waals surface area (Å²) >= 11 is 3.48. The molecule has 0 spiro atoms.